The van der Waals surface area contributed by atoms with Crippen LogP contribution in [0.1, 0.15) is 58.9 Å². The molecule has 0 heterocycles. The summed E-state index contributed by atoms with van der Waals surface area (Å²) < 4.78 is 20.6. The van der Waals surface area contributed by atoms with Crippen LogP contribution >= 0.6 is 0 Å². The topological polar surface area (TPSA) is 26.3 Å². The van der Waals surface area contributed by atoms with Gasteiger partial charge in [-0.15, -0.1) is 0 Å². The second kappa shape index (κ2) is 9.16. The van der Waals surface area contributed by atoms with Gasteiger partial charge in [0.15, 0.2) is 6.29 Å². The molecular weight excluding hydrogens is 339 g/mol. The van der Waals surface area contributed by atoms with Gasteiger partial charge in [-0.2, -0.15) is 0 Å². The monoisotopic (exact) mass is 370 g/mol. The van der Waals surface area contributed by atoms with Gasteiger partial charge in [0.05, 0.1) is 6.10 Å². The Morgan fingerprint density at radius 1 is 1.15 bits per heavy atom. The van der Waals surface area contributed by atoms with Gasteiger partial charge in [0, 0.05) is 11.1 Å². The molecule has 1 fully saturated rings. The molecular formula is C24H31FO2. The van der Waals surface area contributed by atoms with E-state index in [2.05, 4.69) is 27.4 Å². The van der Waals surface area contributed by atoms with E-state index in [-0.39, 0.29) is 11.7 Å². The third-order valence-electron chi connectivity index (χ3n) is 5.50. The van der Waals surface area contributed by atoms with Crippen LogP contribution < -0.4 is 4.74 Å². The number of hydrogen-bond donors (Lipinski definition) is 0. The van der Waals surface area contributed by atoms with Crippen molar-refractivity contribution in [1.82, 2.24) is 0 Å². The molecule has 0 N–H and O–H groups in total. The summed E-state index contributed by atoms with van der Waals surface area (Å²) in [7, 11) is 0. The van der Waals surface area contributed by atoms with Gasteiger partial charge in [0.1, 0.15) is 11.6 Å². The first-order chi connectivity index (χ1) is 12.8. The van der Waals surface area contributed by atoms with Crippen molar-refractivity contribution in [2.24, 2.45) is 11.3 Å². The molecule has 0 radical (unpaired) electrons. The molecule has 1 saturated carbocycles. The van der Waals surface area contributed by atoms with Gasteiger partial charge in [-0.1, -0.05) is 51.6 Å². The zero-order valence-electron chi connectivity index (χ0n) is 16.9. The van der Waals surface area contributed by atoms with Crippen LogP contribution in [-0.2, 0) is 4.79 Å². The molecule has 0 amide bonds. The third-order valence-corrected chi connectivity index (χ3v) is 5.50. The van der Waals surface area contributed by atoms with E-state index in [1.54, 1.807) is 6.92 Å². The second-order valence-corrected chi connectivity index (χ2v) is 8.28. The smallest absolute Gasteiger partial charge is 0.152 e. The predicted molar refractivity (Wildman–Crippen MR) is 110 cm³/mol. The molecule has 2 rings (SSSR count). The van der Waals surface area contributed by atoms with Crippen molar-refractivity contribution in [3.05, 3.63) is 60.0 Å². The third kappa shape index (κ3) is 5.41. The molecule has 2 nitrogen and oxygen atoms in total. The van der Waals surface area contributed by atoms with Gasteiger partial charge in [-0.3, -0.25) is 4.79 Å². The number of allylic oxidation sites excluding steroid dienone is 5. The Morgan fingerprint density at radius 2 is 1.74 bits per heavy atom. The molecule has 0 spiro atoms. The maximum Gasteiger partial charge on any atom is 0.152 e. The Morgan fingerprint density at radius 3 is 2.19 bits per heavy atom. The zero-order valence-corrected chi connectivity index (χ0v) is 16.9. The summed E-state index contributed by atoms with van der Waals surface area (Å²) in [6, 6.07) is 7.34. The van der Waals surface area contributed by atoms with Crippen molar-refractivity contribution >= 4 is 11.9 Å². The van der Waals surface area contributed by atoms with Gasteiger partial charge in [0.25, 0.3) is 0 Å². The minimum Gasteiger partial charge on any atom is -0.490 e. The summed E-state index contributed by atoms with van der Waals surface area (Å²) in [4.78, 5) is 11.0. The van der Waals surface area contributed by atoms with E-state index in [1.807, 2.05) is 24.3 Å². The highest BCUT2D eigenvalue weighted by molar-refractivity contribution is 5.88. The normalized spacial score (nSPS) is 22.0. The Labute approximate surface area is 162 Å². The number of rotatable bonds is 6. The van der Waals surface area contributed by atoms with Gasteiger partial charge in [-0.25, -0.2) is 4.39 Å². The largest absolute Gasteiger partial charge is 0.490 e. The van der Waals surface area contributed by atoms with Crippen LogP contribution in [0.3, 0.4) is 0 Å². The van der Waals surface area contributed by atoms with E-state index in [0.29, 0.717) is 22.8 Å². The number of aldehydes is 1. The predicted octanol–water partition coefficient (Wildman–Crippen LogP) is 6.68. The van der Waals surface area contributed by atoms with Crippen LogP contribution in [0, 0.1) is 11.3 Å². The first kappa shape index (κ1) is 21.1. The molecule has 0 aliphatic heterocycles. The summed E-state index contributed by atoms with van der Waals surface area (Å²) in [6.45, 7) is 12.2. The maximum absolute atomic E-state index is 14.5. The molecule has 0 bridgehead atoms. The van der Waals surface area contributed by atoms with E-state index in [0.717, 1.165) is 24.5 Å². The van der Waals surface area contributed by atoms with Gasteiger partial charge in [-0.05, 0) is 61.6 Å². The number of ether oxygens (including phenoxy) is 1. The van der Waals surface area contributed by atoms with E-state index >= 15 is 0 Å². The summed E-state index contributed by atoms with van der Waals surface area (Å²) in [5.74, 6) is 0.988. The minimum absolute atomic E-state index is 0.0286. The van der Waals surface area contributed by atoms with Crippen molar-refractivity contribution in [1.29, 1.82) is 0 Å². The summed E-state index contributed by atoms with van der Waals surface area (Å²) >= 11 is 0. The molecule has 1 aromatic rings. The molecule has 0 aromatic heterocycles. The quantitative estimate of drug-likeness (QED) is 0.317. The SMILES string of the molecule is C=C/C(=C(F)\C(C=O)=C/C)c1ccc(O[C@H]2CC[C@@H](C(C)(C)C)CC2)cc1. The van der Waals surface area contributed by atoms with Crippen molar-refractivity contribution in [3.63, 3.8) is 0 Å². The lowest BCUT2D eigenvalue weighted by Gasteiger charge is -2.36. The summed E-state index contributed by atoms with van der Waals surface area (Å²) in [5, 5.41) is 0. The highest BCUT2D eigenvalue weighted by Gasteiger charge is 2.30. The molecule has 0 unspecified atom stereocenters. The van der Waals surface area contributed by atoms with E-state index in [1.165, 1.54) is 25.0 Å². The van der Waals surface area contributed by atoms with Crippen LogP contribution in [0.4, 0.5) is 4.39 Å². The van der Waals surface area contributed by atoms with Crippen LogP contribution in [-0.4, -0.2) is 12.4 Å². The van der Waals surface area contributed by atoms with Gasteiger partial charge < -0.3 is 4.74 Å². The van der Waals surface area contributed by atoms with E-state index in [9.17, 15) is 9.18 Å². The van der Waals surface area contributed by atoms with Crippen LogP contribution in [0.25, 0.3) is 5.57 Å². The molecule has 146 valence electrons. The molecule has 0 saturated heterocycles. The lowest BCUT2D eigenvalue weighted by atomic mass is 9.72. The van der Waals surface area contributed by atoms with Crippen molar-refractivity contribution < 1.29 is 13.9 Å². The van der Waals surface area contributed by atoms with Crippen LogP contribution in [0.15, 0.2) is 54.4 Å². The lowest BCUT2D eigenvalue weighted by molar-refractivity contribution is -0.104. The number of hydrogen-bond acceptors (Lipinski definition) is 2. The second-order valence-electron chi connectivity index (χ2n) is 8.28. The fourth-order valence-corrected chi connectivity index (χ4v) is 3.69. The Kier molecular flexibility index (Phi) is 7.18. The highest BCUT2D eigenvalue weighted by Crippen LogP contribution is 2.38. The van der Waals surface area contributed by atoms with Crippen molar-refractivity contribution in [3.8, 4) is 5.75 Å². The fraction of sp³-hybridized carbons (Fsp3) is 0.458. The summed E-state index contributed by atoms with van der Waals surface area (Å²) in [5.41, 5.74) is 1.37. The Bertz CT molecular complexity index is 712. The average Bonchev–Trinajstić information content (AvgIpc) is 2.64. The highest BCUT2D eigenvalue weighted by atomic mass is 19.1. The van der Waals surface area contributed by atoms with Gasteiger partial charge in [0.2, 0.25) is 0 Å². The number of carbonyl (C=O) groups is 1. The van der Waals surface area contributed by atoms with Crippen molar-refractivity contribution in [2.75, 3.05) is 0 Å². The Balaban J connectivity index is 2.06. The first-order valence-electron chi connectivity index (χ1n) is 9.71. The van der Waals surface area contributed by atoms with E-state index in [4.69, 9.17) is 4.74 Å². The Hall–Kier alpha value is -2.16. The fourth-order valence-electron chi connectivity index (χ4n) is 3.69. The molecule has 27 heavy (non-hydrogen) atoms. The molecule has 0 atom stereocenters. The average molecular weight is 371 g/mol. The number of benzene rings is 1. The van der Waals surface area contributed by atoms with Crippen LogP contribution in [0.5, 0.6) is 5.75 Å². The number of carbonyl (C=O) groups excluding carboxylic acids is 1. The zero-order chi connectivity index (χ0) is 20.0. The first-order valence-corrected chi connectivity index (χ1v) is 9.71. The molecule has 3 heteroatoms. The molecule has 1 aliphatic carbocycles. The maximum atomic E-state index is 14.5. The molecule has 1 aromatic carbocycles. The lowest BCUT2D eigenvalue weighted by Crippen LogP contribution is -2.30. The minimum atomic E-state index is -0.559. The van der Waals surface area contributed by atoms with Crippen LogP contribution in [0.2, 0.25) is 0 Å². The standard InChI is InChI=1S/C24H31FO2/c1-6-17(16-26)23(25)22(7-2)18-8-12-20(13-9-18)27-21-14-10-19(11-15-21)24(3,4)5/h6-9,12-13,16,19,21H,2,10-11,14-15H2,1,3-5H3/b17-6-,23-22-/t19-,21+. The van der Waals surface area contributed by atoms with E-state index < -0.39 is 5.83 Å². The molecule has 1 aliphatic rings. The number of halogens is 1. The van der Waals surface area contributed by atoms with Gasteiger partial charge >= 0.3 is 0 Å². The summed E-state index contributed by atoms with van der Waals surface area (Å²) in [6.07, 6.45) is 8.18. The van der Waals surface area contributed by atoms with Crippen molar-refractivity contribution in [2.45, 2.75) is 59.5 Å².